The molecule has 0 radical (unpaired) electrons. The lowest BCUT2D eigenvalue weighted by atomic mass is 9.87. The molecule has 0 aromatic rings. The van der Waals surface area contributed by atoms with Crippen LogP contribution in [-0.4, -0.2) is 84.2 Å². The zero-order chi connectivity index (χ0) is 17.8. The molecule has 0 aromatic heterocycles. The summed E-state index contributed by atoms with van der Waals surface area (Å²) >= 11 is 0. The molecule has 1 aliphatic carbocycles. The number of aliphatic hydroxyl groups is 1. The lowest BCUT2D eigenvalue weighted by Crippen LogP contribution is -2.54. The van der Waals surface area contributed by atoms with E-state index in [0.717, 1.165) is 31.8 Å². The highest BCUT2D eigenvalue weighted by Crippen LogP contribution is 2.23. The molecule has 2 aliphatic heterocycles. The minimum Gasteiger partial charge on any atom is -0.392 e. The van der Waals surface area contributed by atoms with Crippen LogP contribution in [0.5, 0.6) is 0 Å². The molecule has 3 rings (SSSR count). The smallest absolute Gasteiger partial charge is 0.239 e. The maximum Gasteiger partial charge on any atom is 0.239 e. The van der Waals surface area contributed by atoms with Crippen LogP contribution in [0.2, 0.25) is 0 Å². The molecule has 2 saturated heterocycles. The van der Waals surface area contributed by atoms with Crippen LogP contribution in [-0.2, 0) is 9.59 Å². The molecule has 2 atom stereocenters. The Kier molecular flexibility index (Phi) is 10.3. The van der Waals surface area contributed by atoms with Gasteiger partial charge in [-0.2, -0.15) is 0 Å². The minimum atomic E-state index is -0.415. The number of carbonyl (C=O) groups is 2. The highest BCUT2D eigenvalue weighted by atomic mass is 35.5. The number of amides is 2. The van der Waals surface area contributed by atoms with Gasteiger partial charge in [-0.15, -0.1) is 24.8 Å². The predicted octanol–water partition coefficient (Wildman–Crippen LogP) is 0.392. The van der Waals surface area contributed by atoms with Gasteiger partial charge >= 0.3 is 0 Å². The average molecular weight is 425 g/mol. The summed E-state index contributed by atoms with van der Waals surface area (Å²) in [7, 11) is 0. The maximum atomic E-state index is 12.4. The fraction of sp³-hybridized carbons (Fsp3) is 0.889. The summed E-state index contributed by atoms with van der Waals surface area (Å²) in [6, 6.07) is 0.0879. The van der Waals surface area contributed by atoms with Gasteiger partial charge in [-0.05, 0) is 38.0 Å². The quantitative estimate of drug-likeness (QED) is 0.607. The Labute approximate surface area is 174 Å². The molecule has 158 valence electrons. The van der Waals surface area contributed by atoms with E-state index in [1.807, 2.05) is 4.90 Å². The normalized spacial score (nSPS) is 31.6. The lowest BCUT2D eigenvalue weighted by Gasteiger charge is -2.36. The van der Waals surface area contributed by atoms with Crippen LogP contribution >= 0.6 is 24.8 Å². The monoisotopic (exact) mass is 424 g/mol. The molecule has 27 heavy (non-hydrogen) atoms. The maximum absolute atomic E-state index is 12.4. The fourth-order valence-electron chi connectivity index (χ4n) is 4.13. The summed E-state index contributed by atoms with van der Waals surface area (Å²) in [6.07, 6.45) is 4.68. The molecule has 1 saturated carbocycles. The Morgan fingerprint density at radius 1 is 1.07 bits per heavy atom. The summed E-state index contributed by atoms with van der Waals surface area (Å²) in [6.45, 7) is 5.97. The number of nitrogens with one attached hydrogen (secondary N) is 2. The zero-order valence-corrected chi connectivity index (χ0v) is 17.7. The molecule has 0 aromatic carbocycles. The standard InChI is InChI=1S/C18H32N4O3.2ClH/c1-13-2-4-14(5-3-13)20-17(24)12-21-6-8-22(9-7-21)18(25)16-10-15(23)11-19-16;;/h13-16,19,23H,2-12H2,1H3,(H,20,24);2*1H. The second-order valence-corrected chi connectivity index (χ2v) is 7.98. The summed E-state index contributed by atoms with van der Waals surface area (Å²) in [5, 5.41) is 15.8. The van der Waals surface area contributed by atoms with E-state index < -0.39 is 6.10 Å². The summed E-state index contributed by atoms with van der Waals surface area (Å²) in [5.41, 5.74) is 0. The van der Waals surface area contributed by atoms with Crippen LogP contribution < -0.4 is 10.6 Å². The SMILES string of the molecule is CC1CCC(NC(=O)CN2CCN(C(=O)C3CC(O)CN3)CC2)CC1.Cl.Cl. The fourth-order valence-corrected chi connectivity index (χ4v) is 4.13. The van der Waals surface area contributed by atoms with E-state index in [0.29, 0.717) is 38.6 Å². The first-order valence-corrected chi connectivity index (χ1v) is 9.73. The Hall–Kier alpha value is -0.600. The van der Waals surface area contributed by atoms with Crippen molar-refractivity contribution in [2.45, 2.75) is 57.2 Å². The van der Waals surface area contributed by atoms with E-state index in [-0.39, 0.29) is 42.7 Å². The molecule has 3 aliphatic rings. The highest BCUT2D eigenvalue weighted by molar-refractivity contribution is 5.85. The second-order valence-electron chi connectivity index (χ2n) is 7.98. The van der Waals surface area contributed by atoms with Crippen molar-refractivity contribution in [3.63, 3.8) is 0 Å². The van der Waals surface area contributed by atoms with Gasteiger partial charge in [0.1, 0.15) is 0 Å². The van der Waals surface area contributed by atoms with Crippen molar-refractivity contribution in [1.82, 2.24) is 20.4 Å². The van der Waals surface area contributed by atoms with E-state index in [2.05, 4.69) is 22.5 Å². The zero-order valence-electron chi connectivity index (χ0n) is 16.1. The Balaban J connectivity index is 0.00000182. The first-order valence-electron chi connectivity index (χ1n) is 9.73. The van der Waals surface area contributed by atoms with Crippen molar-refractivity contribution < 1.29 is 14.7 Å². The van der Waals surface area contributed by atoms with Crippen LogP contribution in [0, 0.1) is 5.92 Å². The van der Waals surface area contributed by atoms with Gasteiger partial charge in [0.15, 0.2) is 0 Å². The van der Waals surface area contributed by atoms with Gasteiger partial charge in [-0.25, -0.2) is 0 Å². The highest BCUT2D eigenvalue weighted by Gasteiger charge is 2.33. The average Bonchev–Trinajstić information content (AvgIpc) is 3.03. The van der Waals surface area contributed by atoms with Gasteiger partial charge in [0, 0.05) is 38.8 Å². The van der Waals surface area contributed by atoms with Crippen LogP contribution in [0.25, 0.3) is 0 Å². The third-order valence-electron chi connectivity index (χ3n) is 5.84. The summed E-state index contributed by atoms with van der Waals surface area (Å²) in [5.74, 6) is 0.978. The number of rotatable bonds is 4. The van der Waals surface area contributed by atoms with Crippen molar-refractivity contribution in [3.8, 4) is 0 Å². The molecular weight excluding hydrogens is 391 g/mol. The van der Waals surface area contributed by atoms with Gasteiger partial charge in [0.05, 0.1) is 18.7 Å². The molecular formula is C18H34Cl2N4O3. The van der Waals surface area contributed by atoms with Gasteiger partial charge in [0.25, 0.3) is 0 Å². The largest absolute Gasteiger partial charge is 0.392 e. The van der Waals surface area contributed by atoms with Crippen LogP contribution in [0.15, 0.2) is 0 Å². The Morgan fingerprint density at radius 3 is 2.26 bits per heavy atom. The van der Waals surface area contributed by atoms with Crippen molar-refractivity contribution in [1.29, 1.82) is 0 Å². The number of aliphatic hydroxyl groups excluding tert-OH is 1. The van der Waals surface area contributed by atoms with Crippen molar-refractivity contribution in [2.75, 3.05) is 39.3 Å². The first kappa shape index (κ1) is 24.4. The second kappa shape index (κ2) is 11.4. The van der Waals surface area contributed by atoms with Gasteiger partial charge < -0.3 is 20.6 Å². The Morgan fingerprint density at radius 2 is 1.70 bits per heavy atom. The molecule has 2 amide bonds. The van der Waals surface area contributed by atoms with Crippen LogP contribution in [0.4, 0.5) is 0 Å². The third kappa shape index (κ3) is 7.06. The van der Waals surface area contributed by atoms with Gasteiger partial charge in [-0.3, -0.25) is 14.5 Å². The number of β-amino-alcohol motifs (C(OH)–C–C–N with tert-alkyl or cyclic N) is 1. The number of halogens is 2. The molecule has 2 heterocycles. The lowest BCUT2D eigenvalue weighted by molar-refractivity contribution is -0.135. The number of hydrogen-bond acceptors (Lipinski definition) is 5. The minimum absolute atomic E-state index is 0. The topological polar surface area (TPSA) is 84.9 Å². The van der Waals surface area contributed by atoms with E-state index >= 15 is 0 Å². The molecule has 0 spiro atoms. The van der Waals surface area contributed by atoms with E-state index in [9.17, 15) is 14.7 Å². The number of carbonyl (C=O) groups excluding carboxylic acids is 2. The molecule has 9 heteroatoms. The Bertz CT molecular complexity index is 481. The molecule has 7 nitrogen and oxygen atoms in total. The van der Waals surface area contributed by atoms with E-state index in [1.54, 1.807) is 0 Å². The number of piperazine rings is 1. The first-order chi connectivity index (χ1) is 12.0. The van der Waals surface area contributed by atoms with Gasteiger partial charge in [-0.1, -0.05) is 6.92 Å². The molecule has 0 bridgehead atoms. The molecule has 3 fully saturated rings. The molecule has 2 unspecified atom stereocenters. The van der Waals surface area contributed by atoms with E-state index in [4.69, 9.17) is 0 Å². The van der Waals surface area contributed by atoms with Gasteiger partial charge in [0.2, 0.25) is 11.8 Å². The van der Waals surface area contributed by atoms with Crippen LogP contribution in [0.3, 0.4) is 0 Å². The summed E-state index contributed by atoms with van der Waals surface area (Å²) < 4.78 is 0. The van der Waals surface area contributed by atoms with Crippen LogP contribution in [0.1, 0.15) is 39.0 Å². The molecule has 3 N–H and O–H groups in total. The predicted molar refractivity (Wildman–Crippen MR) is 109 cm³/mol. The third-order valence-corrected chi connectivity index (χ3v) is 5.84. The van der Waals surface area contributed by atoms with E-state index in [1.165, 1.54) is 12.8 Å². The van der Waals surface area contributed by atoms with Crippen molar-refractivity contribution in [3.05, 3.63) is 0 Å². The van der Waals surface area contributed by atoms with Crippen molar-refractivity contribution >= 4 is 36.6 Å². The number of nitrogens with zero attached hydrogens (tertiary/aromatic N) is 2. The van der Waals surface area contributed by atoms with Crippen molar-refractivity contribution in [2.24, 2.45) is 5.92 Å². The number of hydrogen-bond donors (Lipinski definition) is 3. The summed E-state index contributed by atoms with van der Waals surface area (Å²) in [4.78, 5) is 28.6.